The third-order valence-corrected chi connectivity index (χ3v) is 7.38. The molecule has 0 radical (unpaired) electrons. The molecule has 0 saturated carbocycles. The van der Waals surface area contributed by atoms with Crippen LogP contribution < -0.4 is 5.56 Å². The number of hydrogen-bond donors (Lipinski definition) is 0. The van der Waals surface area contributed by atoms with Gasteiger partial charge in [0.1, 0.15) is 0 Å². The minimum absolute atomic E-state index is 0.0175. The normalized spacial score (nSPS) is 15.2. The minimum Gasteiger partial charge on any atom is -0.469 e. The third kappa shape index (κ3) is 5.91. The van der Waals surface area contributed by atoms with Crippen molar-refractivity contribution in [2.24, 2.45) is 0 Å². The first-order chi connectivity index (χ1) is 17.0. The zero-order chi connectivity index (χ0) is 24.8. The second-order valence-corrected chi connectivity index (χ2v) is 9.43. The van der Waals surface area contributed by atoms with Crippen LogP contribution in [0.25, 0.3) is 10.9 Å². The summed E-state index contributed by atoms with van der Waals surface area (Å²) in [6.07, 6.45) is 0.0551. The van der Waals surface area contributed by atoms with Gasteiger partial charge in [0, 0.05) is 38.8 Å². The van der Waals surface area contributed by atoms with Gasteiger partial charge in [-0.1, -0.05) is 54.2 Å². The van der Waals surface area contributed by atoms with E-state index in [0.717, 1.165) is 13.1 Å². The number of esters is 1. The fourth-order valence-electron chi connectivity index (χ4n) is 4.28. The van der Waals surface area contributed by atoms with Gasteiger partial charge in [-0.3, -0.25) is 23.9 Å². The van der Waals surface area contributed by atoms with Gasteiger partial charge in [-0.05, 0) is 24.6 Å². The maximum atomic E-state index is 13.1. The van der Waals surface area contributed by atoms with Crippen LogP contribution in [0.3, 0.4) is 0 Å². The van der Waals surface area contributed by atoms with Crippen LogP contribution in [-0.2, 0) is 20.9 Å². The highest BCUT2D eigenvalue weighted by atomic mass is 32.2. The highest BCUT2D eigenvalue weighted by Gasteiger charge is 2.25. The number of nitrogens with zero attached hydrogens (tertiary/aromatic N) is 4. The summed E-state index contributed by atoms with van der Waals surface area (Å²) in [6, 6.07) is 17.8. The topological polar surface area (TPSA) is 84.7 Å². The Kier molecular flexibility index (Phi) is 8.20. The molecule has 3 aromatic rings. The summed E-state index contributed by atoms with van der Waals surface area (Å²) >= 11 is 1.24. The molecule has 184 valence electrons. The smallest absolute Gasteiger partial charge is 0.307 e. The summed E-state index contributed by atoms with van der Waals surface area (Å²) in [7, 11) is 1.32. The quantitative estimate of drug-likeness (QED) is 0.270. The number of benzene rings is 2. The van der Waals surface area contributed by atoms with Crippen molar-refractivity contribution in [2.45, 2.75) is 31.1 Å². The van der Waals surface area contributed by atoms with Crippen molar-refractivity contribution >= 4 is 34.5 Å². The SMILES string of the molecule is COC(=O)CCn1c(SCC(=O)N2CCN(C(C)c3ccccc3)CC2)nc2ccccc2c1=O. The summed E-state index contributed by atoms with van der Waals surface area (Å²) in [6.45, 7) is 5.29. The largest absolute Gasteiger partial charge is 0.469 e. The molecule has 0 N–H and O–H groups in total. The summed E-state index contributed by atoms with van der Waals surface area (Å²) in [4.78, 5) is 46.6. The number of fused-ring (bicyclic) bond motifs is 1. The lowest BCUT2D eigenvalue weighted by Crippen LogP contribution is -2.49. The number of amides is 1. The lowest BCUT2D eigenvalue weighted by molar-refractivity contribution is -0.141. The summed E-state index contributed by atoms with van der Waals surface area (Å²) in [5, 5.41) is 0.916. The summed E-state index contributed by atoms with van der Waals surface area (Å²) in [5.41, 5.74) is 1.62. The first-order valence-electron chi connectivity index (χ1n) is 11.7. The van der Waals surface area contributed by atoms with Gasteiger partial charge < -0.3 is 9.64 Å². The Morgan fingerprint density at radius 2 is 1.71 bits per heavy atom. The Bertz CT molecular complexity index is 1240. The Balaban J connectivity index is 1.41. The van der Waals surface area contributed by atoms with E-state index >= 15 is 0 Å². The Morgan fingerprint density at radius 3 is 2.43 bits per heavy atom. The van der Waals surface area contributed by atoms with Gasteiger partial charge in [0.25, 0.3) is 5.56 Å². The molecule has 1 atom stereocenters. The number of carbonyl (C=O) groups is 2. The molecule has 1 aromatic heterocycles. The number of para-hydroxylation sites is 1. The second-order valence-electron chi connectivity index (χ2n) is 8.49. The lowest BCUT2D eigenvalue weighted by Gasteiger charge is -2.38. The van der Waals surface area contributed by atoms with Crippen molar-refractivity contribution in [1.29, 1.82) is 0 Å². The van der Waals surface area contributed by atoms with Crippen LogP contribution in [0.2, 0.25) is 0 Å². The highest BCUT2D eigenvalue weighted by Crippen LogP contribution is 2.23. The van der Waals surface area contributed by atoms with Gasteiger partial charge in [0.15, 0.2) is 5.16 Å². The third-order valence-electron chi connectivity index (χ3n) is 6.42. The average Bonchev–Trinajstić information content (AvgIpc) is 2.91. The fourth-order valence-corrected chi connectivity index (χ4v) is 5.21. The maximum absolute atomic E-state index is 13.1. The molecule has 1 saturated heterocycles. The van der Waals surface area contributed by atoms with Gasteiger partial charge in [-0.2, -0.15) is 0 Å². The summed E-state index contributed by atoms with van der Waals surface area (Å²) < 4.78 is 6.19. The first-order valence-corrected chi connectivity index (χ1v) is 12.7. The van der Waals surface area contributed by atoms with Crippen LogP contribution in [0.15, 0.2) is 64.5 Å². The molecule has 1 amide bonds. The highest BCUT2D eigenvalue weighted by molar-refractivity contribution is 7.99. The number of carbonyl (C=O) groups excluding carboxylic acids is 2. The standard InChI is InChI=1S/C26H30N4O4S/c1-19(20-8-4-3-5-9-20)28-14-16-29(17-15-28)23(31)18-35-26-27-22-11-7-6-10-21(22)25(33)30(26)13-12-24(32)34-2/h3-11,19H,12-18H2,1-2H3. The van der Waals surface area contributed by atoms with Gasteiger partial charge >= 0.3 is 5.97 Å². The van der Waals surface area contributed by atoms with E-state index in [1.54, 1.807) is 18.2 Å². The molecule has 2 aromatic carbocycles. The van der Waals surface area contributed by atoms with E-state index in [2.05, 4.69) is 41.1 Å². The molecule has 0 bridgehead atoms. The van der Waals surface area contributed by atoms with Crippen LogP contribution in [0.1, 0.15) is 24.9 Å². The van der Waals surface area contributed by atoms with Crippen LogP contribution in [-0.4, -0.2) is 70.3 Å². The molecule has 1 unspecified atom stereocenters. The van der Waals surface area contributed by atoms with Crippen LogP contribution in [0, 0.1) is 0 Å². The molecule has 1 aliphatic heterocycles. The molecule has 0 aliphatic carbocycles. The van der Waals surface area contributed by atoms with Gasteiger partial charge in [-0.15, -0.1) is 0 Å². The zero-order valence-corrected chi connectivity index (χ0v) is 20.9. The number of hydrogen-bond acceptors (Lipinski definition) is 7. The van der Waals surface area contributed by atoms with Crippen LogP contribution in [0.5, 0.6) is 0 Å². The van der Waals surface area contributed by atoms with Crippen molar-refractivity contribution in [3.63, 3.8) is 0 Å². The monoisotopic (exact) mass is 494 g/mol. The molecule has 0 spiro atoms. The zero-order valence-electron chi connectivity index (χ0n) is 20.1. The number of piperazine rings is 1. The van der Waals surface area contributed by atoms with Crippen molar-refractivity contribution < 1.29 is 14.3 Å². The molecule has 4 rings (SSSR count). The van der Waals surface area contributed by atoms with Crippen LogP contribution >= 0.6 is 11.8 Å². The minimum atomic E-state index is -0.403. The molecule has 9 heteroatoms. The maximum Gasteiger partial charge on any atom is 0.307 e. The molecule has 1 fully saturated rings. The average molecular weight is 495 g/mol. The number of aromatic nitrogens is 2. The molecular formula is C26H30N4O4S. The Hall–Kier alpha value is -3.17. The molecule has 35 heavy (non-hydrogen) atoms. The van der Waals surface area contributed by atoms with Crippen molar-refractivity contribution in [1.82, 2.24) is 19.4 Å². The number of methoxy groups -OCH3 is 1. The molecular weight excluding hydrogens is 464 g/mol. The van der Waals surface area contributed by atoms with E-state index in [9.17, 15) is 14.4 Å². The van der Waals surface area contributed by atoms with Crippen molar-refractivity contribution in [3.8, 4) is 0 Å². The second kappa shape index (κ2) is 11.5. The van der Waals surface area contributed by atoms with E-state index < -0.39 is 5.97 Å². The molecule has 8 nitrogen and oxygen atoms in total. The van der Waals surface area contributed by atoms with E-state index in [0.29, 0.717) is 35.2 Å². The molecule has 2 heterocycles. The fraction of sp³-hybridized carbons (Fsp3) is 0.385. The van der Waals surface area contributed by atoms with E-state index in [4.69, 9.17) is 4.74 Å². The summed E-state index contributed by atoms with van der Waals surface area (Å²) in [5.74, 6) is -0.208. The predicted octanol–water partition coefficient (Wildman–Crippen LogP) is 2.96. The number of ether oxygens (including phenoxy) is 1. The van der Waals surface area contributed by atoms with E-state index in [1.165, 1.54) is 29.0 Å². The molecule has 1 aliphatic rings. The van der Waals surface area contributed by atoms with E-state index in [1.807, 2.05) is 17.0 Å². The van der Waals surface area contributed by atoms with E-state index in [-0.39, 0.29) is 30.2 Å². The van der Waals surface area contributed by atoms with Crippen molar-refractivity contribution in [3.05, 3.63) is 70.5 Å². The first kappa shape index (κ1) is 24.9. The Morgan fingerprint density at radius 1 is 1.03 bits per heavy atom. The lowest BCUT2D eigenvalue weighted by atomic mass is 10.1. The van der Waals surface area contributed by atoms with Gasteiger partial charge in [-0.25, -0.2) is 4.98 Å². The predicted molar refractivity (Wildman–Crippen MR) is 136 cm³/mol. The Labute approximate surface area is 208 Å². The van der Waals surface area contributed by atoms with Gasteiger partial charge in [0.2, 0.25) is 5.91 Å². The van der Waals surface area contributed by atoms with Crippen LogP contribution in [0.4, 0.5) is 0 Å². The number of thioether (sulfide) groups is 1. The number of rotatable bonds is 8. The van der Waals surface area contributed by atoms with Crippen molar-refractivity contribution in [2.75, 3.05) is 39.0 Å². The van der Waals surface area contributed by atoms with Gasteiger partial charge in [0.05, 0.1) is 30.2 Å².